The van der Waals surface area contributed by atoms with E-state index in [1.54, 1.807) is 12.1 Å². The number of carbonyl (C=O) groups excluding carboxylic acids is 2. The lowest BCUT2D eigenvalue weighted by Crippen LogP contribution is -2.10. The van der Waals surface area contributed by atoms with Gasteiger partial charge in [0.15, 0.2) is 0 Å². The van der Waals surface area contributed by atoms with Crippen LogP contribution in [0.4, 0.5) is 5.69 Å². The molecule has 2 heterocycles. The molecule has 130 valence electrons. The van der Waals surface area contributed by atoms with Gasteiger partial charge >= 0.3 is 5.97 Å². The van der Waals surface area contributed by atoms with Crippen molar-refractivity contribution in [2.24, 2.45) is 5.92 Å². The number of benzene rings is 1. The molecule has 0 saturated heterocycles. The van der Waals surface area contributed by atoms with Gasteiger partial charge in [-0.3, -0.25) is 4.79 Å². The van der Waals surface area contributed by atoms with Gasteiger partial charge in [-0.25, -0.2) is 4.79 Å². The molecule has 0 aliphatic rings. The van der Waals surface area contributed by atoms with Gasteiger partial charge < -0.3 is 14.6 Å². The van der Waals surface area contributed by atoms with Crippen LogP contribution >= 0.6 is 11.3 Å². The van der Waals surface area contributed by atoms with Gasteiger partial charge in [0.2, 0.25) is 0 Å². The molecule has 0 aliphatic heterocycles. The number of amides is 1. The maximum atomic E-state index is 12.4. The molecule has 0 unspecified atom stereocenters. The van der Waals surface area contributed by atoms with Crippen LogP contribution in [0.2, 0.25) is 0 Å². The quantitative estimate of drug-likeness (QED) is 0.689. The lowest BCUT2D eigenvalue weighted by molar-refractivity contribution is 0.0606. The summed E-state index contributed by atoms with van der Waals surface area (Å²) in [6.07, 6.45) is 2.07. The van der Waals surface area contributed by atoms with E-state index in [9.17, 15) is 9.59 Å². The number of fused-ring (bicyclic) bond motifs is 1. The van der Waals surface area contributed by atoms with E-state index in [1.807, 2.05) is 24.3 Å². The molecular weight excluding hydrogens is 336 g/mol. The number of aromatic nitrogens is 1. The Kier molecular flexibility index (Phi) is 4.90. The molecule has 3 rings (SSSR count). The van der Waals surface area contributed by atoms with E-state index in [1.165, 1.54) is 7.11 Å². The molecule has 0 saturated carbocycles. The highest BCUT2D eigenvalue weighted by Gasteiger charge is 2.14. The highest BCUT2D eigenvalue weighted by atomic mass is 32.1. The van der Waals surface area contributed by atoms with Crippen molar-refractivity contribution in [3.63, 3.8) is 0 Å². The Morgan fingerprint density at radius 3 is 2.64 bits per heavy atom. The van der Waals surface area contributed by atoms with Gasteiger partial charge in [-0.15, -0.1) is 11.3 Å². The van der Waals surface area contributed by atoms with E-state index < -0.39 is 5.97 Å². The van der Waals surface area contributed by atoms with Gasteiger partial charge in [-0.1, -0.05) is 13.8 Å². The Bertz CT molecular complexity index is 924. The first-order valence-corrected chi connectivity index (χ1v) is 8.88. The van der Waals surface area contributed by atoms with E-state index in [2.05, 4.69) is 34.7 Å². The minimum atomic E-state index is -0.433. The number of thiophene rings is 1. The molecule has 2 aromatic heterocycles. The Morgan fingerprint density at radius 1 is 1.16 bits per heavy atom. The fourth-order valence-corrected chi connectivity index (χ4v) is 3.51. The van der Waals surface area contributed by atoms with Gasteiger partial charge in [-0.2, -0.15) is 0 Å². The van der Waals surface area contributed by atoms with Crippen molar-refractivity contribution in [3.8, 4) is 0 Å². The maximum absolute atomic E-state index is 12.4. The van der Waals surface area contributed by atoms with E-state index in [4.69, 9.17) is 0 Å². The highest BCUT2D eigenvalue weighted by molar-refractivity contribution is 7.16. The van der Waals surface area contributed by atoms with E-state index in [0.29, 0.717) is 15.7 Å². The fraction of sp³-hybridized carbons (Fsp3) is 0.263. The van der Waals surface area contributed by atoms with Crippen LogP contribution in [0.3, 0.4) is 0 Å². The number of hydrogen-bond donors (Lipinski definition) is 1. The first-order valence-electron chi connectivity index (χ1n) is 8.06. The summed E-state index contributed by atoms with van der Waals surface area (Å²) < 4.78 is 6.88. The molecule has 1 aromatic carbocycles. The molecule has 0 bridgehead atoms. The minimum Gasteiger partial charge on any atom is -0.465 e. The van der Waals surface area contributed by atoms with Gasteiger partial charge in [0.1, 0.15) is 4.88 Å². The summed E-state index contributed by atoms with van der Waals surface area (Å²) in [5.41, 5.74) is 1.88. The number of nitrogens with one attached hydrogen (secondary N) is 1. The Balaban J connectivity index is 1.77. The second-order valence-corrected chi connectivity index (χ2v) is 7.33. The van der Waals surface area contributed by atoms with E-state index >= 15 is 0 Å². The van der Waals surface area contributed by atoms with Crippen LogP contribution in [-0.4, -0.2) is 23.6 Å². The molecule has 3 aromatic rings. The summed E-state index contributed by atoms with van der Waals surface area (Å²) in [6, 6.07) is 11.1. The number of ether oxygens (including phenoxy) is 1. The SMILES string of the molecule is COC(=O)c1ccc(C(=O)Nc2ccc3c(ccn3CC(C)C)c2)s1. The lowest BCUT2D eigenvalue weighted by atomic mass is 10.2. The first-order chi connectivity index (χ1) is 12.0. The molecule has 0 spiro atoms. The molecule has 0 atom stereocenters. The van der Waals surface area contributed by atoms with Crippen molar-refractivity contribution in [2.45, 2.75) is 20.4 Å². The number of methoxy groups -OCH3 is 1. The normalized spacial score (nSPS) is 11.0. The maximum Gasteiger partial charge on any atom is 0.348 e. The molecule has 0 fully saturated rings. The summed E-state index contributed by atoms with van der Waals surface area (Å²) >= 11 is 1.12. The molecule has 1 amide bonds. The number of anilines is 1. The monoisotopic (exact) mass is 356 g/mol. The van der Waals surface area contributed by atoms with Crippen LogP contribution in [0.15, 0.2) is 42.6 Å². The van der Waals surface area contributed by atoms with Crippen molar-refractivity contribution in [1.29, 1.82) is 0 Å². The smallest absolute Gasteiger partial charge is 0.348 e. The van der Waals surface area contributed by atoms with Crippen LogP contribution in [-0.2, 0) is 11.3 Å². The van der Waals surface area contributed by atoms with Crippen LogP contribution in [0.5, 0.6) is 0 Å². The van der Waals surface area contributed by atoms with Gasteiger partial charge in [0, 0.05) is 29.3 Å². The first kappa shape index (κ1) is 17.2. The van der Waals surface area contributed by atoms with Gasteiger partial charge in [0.05, 0.1) is 12.0 Å². The topological polar surface area (TPSA) is 60.3 Å². The largest absolute Gasteiger partial charge is 0.465 e. The minimum absolute atomic E-state index is 0.235. The number of nitrogens with zero attached hydrogens (tertiary/aromatic N) is 1. The van der Waals surface area contributed by atoms with Crippen LogP contribution < -0.4 is 5.32 Å². The second kappa shape index (κ2) is 7.11. The zero-order valence-corrected chi connectivity index (χ0v) is 15.2. The fourth-order valence-electron chi connectivity index (χ4n) is 2.69. The highest BCUT2D eigenvalue weighted by Crippen LogP contribution is 2.23. The van der Waals surface area contributed by atoms with Crippen molar-refractivity contribution in [2.75, 3.05) is 12.4 Å². The number of esters is 1. The van der Waals surface area contributed by atoms with E-state index in [-0.39, 0.29) is 5.91 Å². The molecule has 0 aliphatic carbocycles. The van der Waals surface area contributed by atoms with Gasteiger partial charge in [-0.05, 0) is 42.3 Å². The standard InChI is InChI=1S/C19H20N2O3S/c1-12(2)11-21-9-8-13-10-14(4-5-15(13)21)20-18(22)16-6-7-17(25-16)19(23)24-3/h4-10,12H,11H2,1-3H3,(H,20,22). The van der Waals surface area contributed by atoms with Crippen LogP contribution in [0, 0.1) is 5.92 Å². The average Bonchev–Trinajstić information content (AvgIpc) is 3.21. The van der Waals surface area contributed by atoms with E-state index in [0.717, 1.165) is 34.5 Å². The molecule has 25 heavy (non-hydrogen) atoms. The summed E-state index contributed by atoms with van der Waals surface area (Å²) in [5.74, 6) is -0.101. The molecule has 6 heteroatoms. The zero-order chi connectivity index (χ0) is 18.0. The molecular formula is C19H20N2O3S. The van der Waals surface area contributed by atoms with Crippen molar-refractivity contribution in [1.82, 2.24) is 4.57 Å². The third-order valence-electron chi connectivity index (χ3n) is 3.81. The predicted molar refractivity (Wildman–Crippen MR) is 100 cm³/mol. The summed E-state index contributed by atoms with van der Waals surface area (Å²) in [5, 5.41) is 3.96. The van der Waals surface area contributed by atoms with Crippen molar-refractivity contribution in [3.05, 3.63) is 52.3 Å². The van der Waals surface area contributed by atoms with Crippen LogP contribution in [0.1, 0.15) is 33.2 Å². The van der Waals surface area contributed by atoms with Crippen molar-refractivity contribution < 1.29 is 14.3 Å². The summed E-state index contributed by atoms with van der Waals surface area (Å²) in [6.45, 7) is 5.33. The second-order valence-electron chi connectivity index (χ2n) is 6.25. The average molecular weight is 356 g/mol. The summed E-state index contributed by atoms with van der Waals surface area (Å²) in [7, 11) is 1.32. The number of hydrogen-bond acceptors (Lipinski definition) is 4. The van der Waals surface area contributed by atoms with Gasteiger partial charge in [0.25, 0.3) is 5.91 Å². The predicted octanol–water partition coefficient (Wildman–Crippen LogP) is 4.40. The third-order valence-corrected chi connectivity index (χ3v) is 4.87. The zero-order valence-electron chi connectivity index (χ0n) is 14.4. The Morgan fingerprint density at radius 2 is 1.92 bits per heavy atom. The van der Waals surface area contributed by atoms with Crippen LogP contribution in [0.25, 0.3) is 10.9 Å². The Hall–Kier alpha value is -2.60. The number of carbonyl (C=O) groups is 2. The van der Waals surface area contributed by atoms with Crippen molar-refractivity contribution >= 4 is 39.8 Å². The molecule has 0 radical (unpaired) electrons. The summed E-state index contributed by atoms with van der Waals surface area (Å²) in [4.78, 5) is 24.7. The molecule has 5 nitrogen and oxygen atoms in total. The third kappa shape index (κ3) is 3.74. The lowest BCUT2D eigenvalue weighted by Gasteiger charge is -2.09. The number of rotatable bonds is 5. The molecule has 1 N–H and O–H groups in total. The Labute approximate surface area is 150 Å².